The van der Waals surface area contributed by atoms with E-state index in [0.29, 0.717) is 5.69 Å². The minimum atomic E-state index is 0.630. The molecule has 0 atom stereocenters. The highest BCUT2D eigenvalue weighted by atomic mass is 79.9. The van der Waals surface area contributed by atoms with E-state index in [1.807, 2.05) is 53.9 Å². The maximum Gasteiger partial charge on any atom is 0.167 e. The van der Waals surface area contributed by atoms with E-state index in [1.165, 1.54) is 0 Å². The Morgan fingerprint density at radius 2 is 2.00 bits per heavy atom. The van der Waals surface area contributed by atoms with Crippen LogP contribution in [0.3, 0.4) is 0 Å². The molecule has 0 spiro atoms. The Hall–Kier alpha value is -2.07. The van der Waals surface area contributed by atoms with Crippen molar-refractivity contribution < 1.29 is 9.53 Å². The van der Waals surface area contributed by atoms with Gasteiger partial charge < -0.3 is 9.14 Å². The summed E-state index contributed by atoms with van der Waals surface area (Å²) in [6.07, 6.45) is 2.79. The highest BCUT2D eigenvalue weighted by Gasteiger charge is 2.16. The van der Waals surface area contributed by atoms with Gasteiger partial charge in [0, 0.05) is 27.3 Å². The lowest BCUT2D eigenvalue weighted by Crippen LogP contribution is -1.94. The molecule has 0 fully saturated rings. The van der Waals surface area contributed by atoms with Gasteiger partial charge in [-0.15, -0.1) is 0 Å². The zero-order chi connectivity index (χ0) is 15.0. The molecule has 0 saturated carbocycles. The summed E-state index contributed by atoms with van der Waals surface area (Å²) in [7, 11) is 1.63. The Bertz CT molecular complexity index is 836. The summed E-state index contributed by atoms with van der Waals surface area (Å²) >= 11 is 3.48. The van der Waals surface area contributed by atoms with Gasteiger partial charge in [0.2, 0.25) is 0 Å². The highest BCUT2D eigenvalue weighted by Crippen LogP contribution is 2.36. The molecule has 4 heteroatoms. The molecule has 0 saturated heterocycles. The topological polar surface area (TPSA) is 30.7 Å². The van der Waals surface area contributed by atoms with Crippen molar-refractivity contribution in [3.05, 3.63) is 58.3 Å². The predicted octanol–water partition coefficient (Wildman–Crippen LogP) is 4.50. The van der Waals surface area contributed by atoms with E-state index in [-0.39, 0.29) is 0 Å². The van der Waals surface area contributed by atoms with Crippen molar-refractivity contribution in [2.24, 2.45) is 0 Å². The molecular formula is C17H14BrNO2. The molecule has 0 aliphatic rings. The van der Waals surface area contributed by atoms with E-state index in [1.54, 1.807) is 7.11 Å². The number of aldehydes is 1. The van der Waals surface area contributed by atoms with Gasteiger partial charge in [-0.05, 0) is 42.8 Å². The Kier molecular flexibility index (Phi) is 3.55. The first-order valence-electron chi connectivity index (χ1n) is 6.55. The van der Waals surface area contributed by atoms with Gasteiger partial charge in [0.1, 0.15) is 5.75 Å². The molecule has 2 heterocycles. The number of fused-ring (bicyclic) bond motifs is 1. The average molecular weight is 344 g/mol. The molecule has 0 aliphatic carbocycles. The first-order chi connectivity index (χ1) is 10.2. The lowest BCUT2D eigenvalue weighted by atomic mass is 10.0. The van der Waals surface area contributed by atoms with Crippen LogP contribution >= 0.6 is 15.9 Å². The number of benzene rings is 1. The Labute approximate surface area is 131 Å². The number of ether oxygens (including phenoxy) is 1. The van der Waals surface area contributed by atoms with Crippen LogP contribution in [0.4, 0.5) is 0 Å². The molecule has 21 heavy (non-hydrogen) atoms. The van der Waals surface area contributed by atoms with Crippen molar-refractivity contribution in [1.82, 2.24) is 4.40 Å². The molecule has 0 amide bonds. The standard InChI is InChI=1S/C17H14BrNO2/c1-11-4-3-7-19-15(11)9-13(16(19)10-20)14-8-12(18)5-6-17(14)21-2/h3-10H,1-2H3. The molecule has 106 valence electrons. The summed E-state index contributed by atoms with van der Waals surface area (Å²) in [6, 6.07) is 11.8. The number of halogens is 1. The van der Waals surface area contributed by atoms with E-state index in [9.17, 15) is 4.79 Å². The van der Waals surface area contributed by atoms with Crippen molar-refractivity contribution in [3.63, 3.8) is 0 Å². The van der Waals surface area contributed by atoms with Crippen LogP contribution in [0.25, 0.3) is 16.6 Å². The van der Waals surface area contributed by atoms with Crippen LogP contribution in [0.1, 0.15) is 16.1 Å². The smallest absolute Gasteiger partial charge is 0.167 e. The first-order valence-corrected chi connectivity index (χ1v) is 7.34. The lowest BCUT2D eigenvalue weighted by Gasteiger charge is -2.08. The van der Waals surface area contributed by atoms with Crippen LogP contribution in [0.2, 0.25) is 0 Å². The van der Waals surface area contributed by atoms with E-state index in [2.05, 4.69) is 15.9 Å². The molecule has 3 nitrogen and oxygen atoms in total. The van der Waals surface area contributed by atoms with Crippen LogP contribution in [-0.2, 0) is 0 Å². The van der Waals surface area contributed by atoms with Crippen molar-refractivity contribution in [3.8, 4) is 16.9 Å². The zero-order valence-corrected chi connectivity index (χ0v) is 13.3. The van der Waals surface area contributed by atoms with E-state index in [0.717, 1.165) is 38.7 Å². The number of rotatable bonds is 3. The molecule has 3 aromatic rings. The third-order valence-electron chi connectivity index (χ3n) is 3.62. The first kappa shape index (κ1) is 13.9. The van der Waals surface area contributed by atoms with Gasteiger partial charge >= 0.3 is 0 Å². The van der Waals surface area contributed by atoms with Gasteiger partial charge in [0.05, 0.1) is 12.8 Å². The zero-order valence-electron chi connectivity index (χ0n) is 11.8. The molecule has 3 rings (SSSR count). The number of hydrogen-bond acceptors (Lipinski definition) is 2. The quantitative estimate of drug-likeness (QED) is 0.655. The molecule has 1 aromatic carbocycles. The minimum Gasteiger partial charge on any atom is -0.496 e. The van der Waals surface area contributed by atoms with Gasteiger partial charge in [-0.3, -0.25) is 4.79 Å². The maximum absolute atomic E-state index is 11.6. The van der Waals surface area contributed by atoms with Crippen molar-refractivity contribution in [2.75, 3.05) is 7.11 Å². The fourth-order valence-electron chi connectivity index (χ4n) is 2.59. The third kappa shape index (κ3) is 2.25. The third-order valence-corrected chi connectivity index (χ3v) is 4.12. The second kappa shape index (κ2) is 5.37. The van der Waals surface area contributed by atoms with Crippen LogP contribution in [0.5, 0.6) is 5.75 Å². The lowest BCUT2D eigenvalue weighted by molar-refractivity contribution is 0.111. The van der Waals surface area contributed by atoms with Crippen LogP contribution < -0.4 is 4.74 Å². The van der Waals surface area contributed by atoms with Crippen molar-refractivity contribution >= 4 is 27.7 Å². The minimum absolute atomic E-state index is 0.630. The van der Waals surface area contributed by atoms with Crippen LogP contribution in [-0.4, -0.2) is 17.8 Å². The summed E-state index contributed by atoms with van der Waals surface area (Å²) in [5.41, 5.74) is 4.55. The Balaban J connectivity index is 2.37. The maximum atomic E-state index is 11.6. The van der Waals surface area contributed by atoms with Crippen LogP contribution in [0, 0.1) is 6.92 Å². The SMILES string of the molecule is COc1ccc(Br)cc1-c1cc2c(C)cccn2c1C=O. The van der Waals surface area contributed by atoms with Gasteiger partial charge in [-0.1, -0.05) is 22.0 Å². The number of methoxy groups -OCH3 is 1. The number of hydrogen-bond donors (Lipinski definition) is 0. The summed E-state index contributed by atoms with van der Waals surface area (Å²) in [4.78, 5) is 11.6. The number of pyridine rings is 1. The number of aryl methyl sites for hydroxylation is 1. The van der Waals surface area contributed by atoms with Crippen molar-refractivity contribution in [2.45, 2.75) is 6.92 Å². The second-order valence-corrected chi connectivity index (χ2v) is 5.77. The number of carbonyl (C=O) groups excluding carboxylic acids is 1. The summed E-state index contributed by atoms with van der Waals surface area (Å²) in [5, 5.41) is 0. The summed E-state index contributed by atoms with van der Waals surface area (Å²) in [5.74, 6) is 0.745. The number of nitrogens with zero attached hydrogens (tertiary/aromatic N) is 1. The van der Waals surface area contributed by atoms with Gasteiger partial charge in [0.15, 0.2) is 6.29 Å². The van der Waals surface area contributed by atoms with Gasteiger partial charge in [-0.25, -0.2) is 0 Å². The van der Waals surface area contributed by atoms with E-state index < -0.39 is 0 Å². The fraction of sp³-hybridized carbons (Fsp3) is 0.118. The number of aromatic nitrogens is 1. The molecule has 0 aliphatic heterocycles. The molecule has 0 bridgehead atoms. The predicted molar refractivity (Wildman–Crippen MR) is 87.2 cm³/mol. The molecule has 0 radical (unpaired) electrons. The Morgan fingerprint density at radius 3 is 2.71 bits per heavy atom. The summed E-state index contributed by atoms with van der Waals surface area (Å²) < 4.78 is 8.30. The molecule has 2 aromatic heterocycles. The van der Waals surface area contributed by atoms with Crippen molar-refractivity contribution in [1.29, 1.82) is 0 Å². The highest BCUT2D eigenvalue weighted by molar-refractivity contribution is 9.10. The molecule has 0 unspecified atom stereocenters. The molecular weight excluding hydrogens is 330 g/mol. The van der Waals surface area contributed by atoms with E-state index in [4.69, 9.17) is 4.74 Å². The second-order valence-electron chi connectivity index (χ2n) is 4.85. The Morgan fingerprint density at radius 1 is 1.19 bits per heavy atom. The number of carbonyl (C=O) groups is 1. The fourth-order valence-corrected chi connectivity index (χ4v) is 2.95. The monoisotopic (exact) mass is 343 g/mol. The van der Waals surface area contributed by atoms with E-state index >= 15 is 0 Å². The molecule has 0 N–H and O–H groups in total. The van der Waals surface area contributed by atoms with Gasteiger partial charge in [-0.2, -0.15) is 0 Å². The average Bonchev–Trinajstić information content (AvgIpc) is 2.87. The van der Waals surface area contributed by atoms with Gasteiger partial charge in [0.25, 0.3) is 0 Å². The summed E-state index contributed by atoms with van der Waals surface area (Å²) in [6.45, 7) is 2.03. The normalized spacial score (nSPS) is 10.8. The van der Waals surface area contributed by atoms with Crippen LogP contribution in [0.15, 0.2) is 47.1 Å². The largest absolute Gasteiger partial charge is 0.496 e.